The van der Waals surface area contributed by atoms with Crippen LogP contribution in [0.4, 0.5) is 0 Å². The smallest absolute Gasteiger partial charge is 0.0506 e. The maximum Gasteiger partial charge on any atom is 0.0506 e. The van der Waals surface area contributed by atoms with Crippen LogP contribution in [0.1, 0.15) is 12.8 Å². The lowest BCUT2D eigenvalue weighted by molar-refractivity contribution is 0.0431. The van der Waals surface area contributed by atoms with Gasteiger partial charge in [0.25, 0.3) is 0 Å². The first-order valence-corrected chi connectivity index (χ1v) is 5.89. The lowest BCUT2D eigenvalue weighted by Gasteiger charge is -2.27. The molecule has 0 aromatic heterocycles. The summed E-state index contributed by atoms with van der Waals surface area (Å²) < 4.78 is 5.45. The molecule has 0 aliphatic carbocycles. The Kier molecular flexibility index (Phi) is 5.60. The predicted octanol–water partition coefficient (Wildman–Crippen LogP) is 1.83. The molecule has 0 N–H and O–H groups in total. The van der Waals surface area contributed by atoms with Crippen LogP contribution in [0.3, 0.4) is 0 Å². The lowest BCUT2D eigenvalue weighted by Crippen LogP contribution is -2.32. The van der Waals surface area contributed by atoms with Crippen molar-refractivity contribution in [3.63, 3.8) is 0 Å². The SMILES string of the molecule is C=C(CS)CN(C)CC1CCCOC1. The molecule has 14 heavy (non-hydrogen) atoms. The molecule has 0 aromatic rings. The fraction of sp³-hybridized carbons (Fsp3) is 0.818. The maximum atomic E-state index is 5.45. The molecule has 1 unspecified atom stereocenters. The Hall–Kier alpha value is 0.01000. The first-order valence-electron chi connectivity index (χ1n) is 5.26. The van der Waals surface area contributed by atoms with Gasteiger partial charge >= 0.3 is 0 Å². The zero-order valence-electron chi connectivity index (χ0n) is 9.04. The van der Waals surface area contributed by atoms with Crippen molar-refractivity contribution in [2.24, 2.45) is 5.92 Å². The molecule has 1 fully saturated rings. The maximum absolute atomic E-state index is 5.45. The van der Waals surface area contributed by atoms with E-state index in [1.54, 1.807) is 0 Å². The van der Waals surface area contributed by atoms with E-state index in [0.717, 1.165) is 32.1 Å². The van der Waals surface area contributed by atoms with Gasteiger partial charge in [-0.25, -0.2) is 0 Å². The lowest BCUT2D eigenvalue weighted by atomic mass is 10.0. The van der Waals surface area contributed by atoms with Crippen molar-refractivity contribution >= 4 is 12.6 Å². The summed E-state index contributed by atoms with van der Waals surface area (Å²) in [4.78, 5) is 2.32. The minimum atomic E-state index is 0.710. The Morgan fingerprint density at radius 2 is 2.43 bits per heavy atom. The molecular weight excluding hydrogens is 194 g/mol. The number of ether oxygens (including phenoxy) is 1. The third-order valence-corrected chi connectivity index (χ3v) is 2.99. The van der Waals surface area contributed by atoms with Gasteiger partial charge in [0.15, 0.2) is 0 Å². The second kappa shape index (κ2) is 6.49. The third kappa shape index (κ3) is 4.49. The van der Waals surface area contributed by atoms with Crippen LogP contribution in [-0.4, -0.2) is 44.0 Å². The minimum Gasteiger partial charge on any atom is -0.381 e. The minimum absolute atomic E-state index is 0.710. The van der Waals surface area contributed by atoms with Gasteiger partial charge in [-0.3, -0.25) is 0 Å². The monoisotopic (exact) mass is 215 g/mol. The summed E-state index contributed by atoms with van der Waals surface area (Å²) in [5.74, 6) is 1.49. The first-order chi connectivity index (χ1) is 6.72. The van der Waals surface area contributed by atoms with E-state index < -0.39 is 0 Å². The van der Waals surface area contributed by atoms with Crippen molar-refractivity contribution in [3.8, 4) is 0 Å². The highest BCUT2D eigenvalue weighted by molar-refractivity contribution is 7.80. The fourth-order valence-electron chi connectivity index (χ4n) is 1.89. The van der Waals surface area contributed by atoms with E-state index in [2.05, 4.69) is 31.2 Å². The van der Waals surface area contributed by atoms with Crippen LogP contribution in [0.2, 0.25) is 0 Å². The molecule has 1 saturated heterocycles. The Bertz CT molecular complexity index is 178. The van der Waals surface area contributed by atoms with Crippen molar-refractivity contribution in [1.29, 1.82) is 0 Å². The second-order valence-corrected chi connectivity index (χ2v) is 4.50. The van der Waals surface area contributed by atoms with Crippen molar-refractivity contribution < 1.29 is 4.74 Å². The van der Waals surface area contributed by atoms with E-state index in [-0.39, 0.29) is 0 Å². The van der Waals surface area contributed by atoms with Gasteiger partial charge in [-0.2, -0.15) is 12.6 Å². The molecule has 82 valence electrons. The van der Waals surface area contributed by atoms with Gasteiger partial charge in [-0.05, 0) is 25.8 Å². The van der Waals surface area contributed by atoms with E-state index in [0.29, 0.717) is 5.92 Å². The van der Waals surface area contributed by atoms with Crippen LogP contribution in [0, 0.1) is 5.92 Å². The molecule has 0 aromatic carbocycles. The average Bonchev–Trinajstić information content (AvgIpc) is 2.19. The first kappa shape index (κ1) is 12.1. The topological polar surface area (TPSA) is 12.5 Å². The number of nitrogens with zero attached hydrogens (tertiary/aromatic N) is 1. The average molecular weight is 215 g/mol. The highest BCUT2D eigenvalue weighted by Crippen LogP contribution is 2.14. The van der Waals surface area contributed by atoms with Crippen molar-refractivity contribution in [3.05, 3.63) is 12.2 Å². The zero-order chi connectivity index (χ0) is 10.4. The van der Waals surface area contributed by atoms with Crippen LogP contribution in [0.25, 0.3) is 0 Å². The second-order valence-electron chi connectivity index (χ2n) is 4.19. The molecule has 2 nitrogen and oxygen atoms in total. The van der Waals surface area contributed by atoms with Gasteiger partial charge < -0.3 is 9.64 Å². The Balaban J connectivity index is 2.18. The van der Waals surface area contributed by atoms with Crippen LogP contribution in [-0.2, 0) is 4.74 Å². The van der Waals surface area contributed by atoms with Crippen LogP contribution < -0.4 is 0 Å². The van der Waals surface area contributed by atoms with Crippen molar-refractivity contribution in [2.45, 2.75) is 12.8 Å². The number of hydrogen-bond acceptors (Lipinski definition) is 3. The molecule has 1 aliphatic heterocycles. The quantitative estimate of drug-likeness (QED) is 0.555. The summed E-state index contributed by atoms with van der Waals surface area (Å²) in [5.41, 5.74) is 1.19. The molecule has 0 spiro atoms. The van der Waals surface area contributed by atoms with E-state index in [1.165, 1.54) is 18.4 Å². The molecule has 1 heterocycles. The van der Waals surface area contributed by atoms with Crippen molar-refractivity contribution in [1.82, 2.24) is 4.90 Å². The highest BCUT2D eigenvalue weighted by atomic mass is 32.1. The predicted molar refractivity (Wildman–Crippen MR) is 64.0 cm³/mol. The molecule has 3 heteroatoms. The van der Waals surface area contributed by atoms with Gasteiger partial charge in [0.1, 0.15) is 0 Å². The molecule has 1 atom stereocenters. The summed E-state index contributed by atoms with van der Waals surface area (Å²) in [5, 5.41) is 0. The van der Waals surface area contributed by atoms with Crippen LogP contribution in [0.15, 0.2) is 12.2 Å². The van der Waals surface area contributed by atoms with E-state index in [9.17, 15) is 0 Å². The number of likely N-dealkylation sites (N-methyl/N-ethyl adjacent to an activating group) is 1. The summed E-state index contributed by atoms with van der Waals surface area (Å²) in [6, 6.07) is 0. The number of rotatable bonds is 5. The molecule has 0 amide bonds. The Labute approximate surface area is 92.7 Å². The molecule has 1 rings (SSSR count). The fourth-order valence-corrected chi connectivity index (χ4v) is 1.99. The van der Waals surface area contributed by atoms with Gasteiger partial charge in [-0.1, -0.05) is 12.2 Å². The Morgan fingerprint density at radius 3 is 3.00 bits per heavy atom. The van der Waals surface area contributed by atoms with Gasteiger partial charge in [0, 0.05) is 25.4 Å². The summed E-state index contributed by atoms with van der Waals surface area (Å²) >= 11 is 4.21. The Morgan fingerprint density at radius 1 is 1.64 bits per heavy atom. The van der Waals surface area contributed by atoms with Crippen LogP contribution >= 0.6 is 12.6 Å². The molecule has 0 saturated carbocycles. The molecule has 0 radical (unpaired) electrons. The number of thiol groups is 1. The molecule has 0 bridgehead atoms. The van der Waals surface area contributed by atoms with E-state index in [4.69, 9.17) is 4.74 Å². The standard InChI is InChI=1S/C11H21NOS/c1-10(9-14)6-12(2)7-11-4-3-5-13-8-11/h11,14H,1,3-9H2,2H3. The van der Waals surface area contributed by atoms with Crippen LogP contribution in [0.5, 0.6) is 0 Å². The third-order valence-electron chi connectivity index (χ3n) is 2.54. The summed E-state index contributed by atoms with van der Waals surface area (Å²) in [6.07, 6.45) is 2.52. The van der Waals surface area contributed by atoms with Gasteiger partial charge in [-0.15, -0.1) is 0 Å². The van der Waals surface area contributed by atoms with Gasteiger partial charge in [0.2, 0.25) is 0 Å². The largest absolute Gasteiger partial charge is 0.381 e. The summed E-state index contributed by atoms with van der Waals surface area (Å²) in [6.45, 7) is 7.91. The molecular formula is C11H21NOS. The highest BCUT2D eigenvalue weighted by Gasteiger charge is 2.15. The zero-order valence-corrected chi connectivity index (χ0v) is 9.93. The van der Waals surface area contributed by atoms with E-state index >= 15 is 0 Å². The van der Waals surface area contributed by atoms with Crippen molar-refractivity contribution in [2.75, 3.05) is 39.1 Å². The number of hydrogen-bond donors (Lipinski definition) is 1. The molecule has 1 aliphatic rings. The van der Waals surface area contributed by atoms with E-state index in [1.807, 2.05) is 0 Å². The normalized spacial score (nSPS) is 22.6. The van der Waals surface area contributed by atoms with Gasteiger partial charge in [0.05, 0.1) is 6.61 Å². The summed E-state index contributed by atoms with van der Waals surface area (Å²) in [7, 11) is 2.14.